The van der Waals surface area contributed by atoms with Gasteiger partial charge < -0.3 is 4.90 Å². The van der Waals surface area contributed by atoms with Crippen molar-refractivity contribution in [2.45, 2.75) is 37.9 Å². The minimum atomic E-state index is 0.0196. The van der Waals surface area contributed by atoms with Crippen LogP contribution in [-0.4, -0.2) is 28.7 Å². The number of hydrogen-bond donors (Lipinski definition) is 0. The van der Waals surface area contributed by atoms with Gasteiger partial charge in [0.1, 0.15) is 0 Å². The van der Waals surface area contributed by atoms with Gasteiger partial charge in [-0.3, -0.25) is 4.79 Å². The molecule has 1 fully saturated rings. The third-order valence-corrected chi connectivity index (χ3v) is 3.53. The highest BCUT2D eigenvalue weighted by molar-refractivity contribution is 9.10. The van der Waals surface area contributed by atoms with E-state index in [1.54, 1.807) is 0 Å². The van der Waals surface area contributed by atoms with E-state index in [0.717, 1.165) is 25.4 Å². The van der Waals surface area contributed by atoms with Crippen LogP contribution in [0.5, 0.6) is 0 Å². The average molecular weight is 248 g/mol. The molecule has 0 N–H and O–H groups in total. The molecule has 1 aliphatic carbocycles. The van der Waals surface area contributed by atoms with E-state index in [-0.39, 0.29) is 10.7 Å². The number of alkyl halides is 1. The molecule has 13 heavy (non-hydrogen) atoms. The van der Waals surface area contributed by atoms with Crippen molar-refractivity contribution in [3.63, 3.8) is 0 Å². The lowest BCUT2D eigenvalue weighted by Crippen LogP contribution is -2.37. The summed E-state index contributed by atoms with van der Waals surface area (Å²) in [6, 6.07) is 0. The van der Waals surface area contributed by atoms with Gasteiger partial charge in [-0.25, -0.2) is 0 Å². The summed E-state index contributed by atoms with van der Waals surface area (Å²) in [5, 5.41) is 0. The Hall–Kier alpha value is -0.0500. The molecule has 1 rings (SSSR count). The van der Waals surface area contributed by atoms with Crippen LogP contribution in [0.2, 0.25) is 0 Å². The zero-order valence-corrected chi connectivity index (χ0v) is 10.0. The summed E-state index contributed by atoms with van der Waals surface area (Å²) in [6.45, 7) is 5.90. The van der Waals surface area contributed by atoms with Crippen LogP contribution in [0.1, 0.15) is 33.1 Å². The van der Waals surface area contributed by atoms with Crippen molar-refractivity contribution in [1.82, 2.24) is 4.90 Å². The number of amides is 1. The maximum absolute atomic E-state index is 11.7. The fourth-order valence-electron chi connectivity index (χ4n) is 1.36. The molecule has 1 saturated carbocycles. The Balaban J connectivity index is 2.38. The van der Waals surface area contributed by atoms with Crippen LogP contribution in [-0.2, 0) is 4.79 Å². The Morgan fingerprint density at radius 1 is 1.54 bits per heavy atom. The number of carbonyl (C=O) groups excluding carboxylic acids is 1. The van der Waals surface area contributed by atoms with E-state index in [2.05, 4.69) is 22.9 Å². The molecule has 2 nitrogen and oxygen atoms in total. The first-order valence-corrected chi connectivity index (χ1v) is 6.03. The molecule has 0 aromatic heterocycles. The summed E-state index contributed by atoms with van der Waals surface area (Å²) in [5.74, 6) is 1.05. The van der Waals surface area contributed by atoms with Crippen LogP contribution < -0.4 is 0 Å². The monoisotopic (exact) mass is 247 g/mol. The SMILES string of the molecule is CCC(Br)C(=O)N(CC)CC1CC1. The zero-order chi connectivity index (χ0) is 9.84. The number of halogens is 1. The first kappa shape index (κ1) is 11.0. The Labute approximate surface area is 88.8 Å². The maximum Gasteiger partial charge on any atom is 0.236 e. The molecule has 0 spiro atoms. The maximum atomic E-state index is 11.7. The lowest BCUT2D eigenvalue weighted by molar-refractivity contribution is -0.130. The van der Waals surface area contributed by atoms with Gasteiger partial charge in [0.25, 0.3) is 0 Å². The highest BCUT2D eigenvalue weighted by atomic mass is 79.9. The van der Waals surface area contributed by atoms with Gasteiger partial charge >= 0.3 is 0 Å². The molecule has 0 aromatic carbocycles. The second-order valence-corrected chi connectivity index (χ2v) is 4.80. The van der Waals surface area contributed by atoms with E-state index in [1.807, 2.05) is 11.8 Å². The van der Waals surface area contributed by atoms with E-state index in [9.17, 15) is 4.79 Å². The van der Waals surface area contributed by atoms with Crippen LogP contribution in [0.15, 0.2) is 0 Å². The Bertz CT molecular complexity index is 180. The molecule has 1 atom stereocenters. The van der Waals surface area contributed by atoms with Crippen molar-refractivity contribution in [3.8, 4) is 0 Å². The van der Waals surface area contributed by atoms with Gasteiger partial charge in [0.05, 0.1) is 4.83 Å². The minimum Gasteiger partial charge on any atom is -0.342 e. The molecule has 0 aromatic rings. The molecule has 0 radical (unpaired) electrons. The predicted octanol–water partition coefficient (Wildman–Crippen LogP) is 2.42. The molecule has 0 aliphatic heterocycles. The van der Waals surface area contributed by atoms with E-state index in [0.29, 0.717) is 0 Å². The molecule has 1 aliphatic rings. The van der Waals surface area contributed by atoms with Gasteiger partial charge in [-0.15, -0.1) is 0 Å². The van der Waals surface area contributed by atoms with Gasteiger partial charge in [0, 0.05) is 13.1 Å². The topological polar surface area (TPSA) is 20.3 Å². The largest absolute Gasteiger partial charge is 0.342 e. The number of rotatable bonds is 5. The molecule has 76 valence electrons. The Kier molecular flexibility index (Phi) is 4.23. The highest BCUT2D eigenvalue weighted by Gasteiger charge is 2.27. The lowest BCUT2D eigenvalue weighted by atomic mass is 10.2. The van der Waals surface area contributed by atoms with Gasteiger partial charge in [-0.2, -0.15) is 0 Å². The zero-order valence-electron chi connectivity index (χ0n) is 8.42. The third-order valence-electron chi connectivity index (χ3n) is 2.50. The summed E-state index contributed by atoms with van der Waals surface area (Å²) in [6.07, 6.45) is 3.49. The molecular weight excluding hydrogens is 230 g/mol. The summed E-state index contributed by atoms with van der Waals surface area (Å²) >= 11 is 3.40. The first-order chi connectivity index (χ1) is 6.19. The van der Waals surface area contributed by atoms with E-state index in [1.165, 1.54) is 12.8 Å². The number of nitrogens with zero attached hydrogens (tertiary/aromatic N) is 1. The molecular formula is C10H18BrNO. The summed E-state index contributed by atoms with van der Waals surface area (Å²) in [7, 11) is 0. The summed E-state index contributed by atoms with van der Waals surface area (Å²) in [5.41, 5.74) is 0. The number of carbonyl (C=O) groups is 1. The second-order valence-electron chi connectivity index (χ2n) is 3.70. The van der Waals surface area contributed by atoms with E-state index in [4.69, 9.17) is 0 Å². The van der Waals surface area contributed by atoms with Gasteiger partial charge in [0.2, 0.25) is 5.91 Å². The predicted molar refractivity (Wildman–Crippen MR) is 58.0 cm³/mol. The molecule has 0 heterocycles. The van der Waals surface area contributed by atoms with Crippen molar-refractivity contribution < 1.29 is 4.79 Å². The van der Waals surface area contributed by atoms with Crippen molar-refractivity contribution in [2.24, 2.45) is 5.92 Å². The summed E-state index contributed by atoms with van der Waals surface area (Å²) < 4.78 is 0. The second kappa shape index (κ2) is 4.99. The van der Waals surface area contributed by atoms with Crippen LogP contribution in [0, 0.1) is 5.92 Å². The van der Waals surface area contributed by atoms with Gasteiger partial charge in [-0.05, 0) is 32.1 Å². The van der Waals surface area contributed by atoms with Gasteiger partial charge in [-0.1, -0.05) is 22.9 Å². The Morgan fingerprint density at radius 2 is 2.15 bits per heavy atom. The fraction of sp³-hybridized carbons (Fsp3) is 0.900. The normalized spacial score (nSPS) is 18.4. The first-order valence-electron chi connectivity index (χ1n) is 5.11. The van der Waals surface area contributed by atoms with Gasteiger partial charge in [0.15, 0.2) is 0 Å². The van der Waals surface area contributed by atoms with E-state index < -0.39 is 0 Å². The van der Waals surface area contributed by atoms with E-state index >= 15 is 0 Å². The molecule has 3 heteroatoms. The summed E-state index contributed by atoms with van der Waals surface area (Å²) in [4.78, 5) is 13.7. The number of hydrogen-bond acceptors (Lipinski definition) is 1. The smallest absolute Gasteiger partial charge is 0.236 e. The minimum absolute atomic E-state index is 0.0196. The van der Waals surface area contributed by atoms with Crippen LogP contribution in [0.4, 0.5) is 0 Å². The van der Waals surface area contributed by atoms with Crippen LogP contribution in [0.25, 0.3) is 0 Å². The molecule has 0 bridgehead atoms. The Morgan fingerprint density at radius 3 is 2.54 bits per heavy atom. The molecule has 0 saturated heterocycles. The lowest BCUT2D eigenvalue weighted by Gasteiger charge is -2.22. The van der Waals surface area contributed by atoms with Crippen molar-refractivity contribution in [1.29, 1.82) is 0 Å². The molecule has 1 amide bonds. The standard InChI is InChI=1S/C10H18BrNO/c1-3-9(11)10(13)12(4-2)7-8-5-6-8/h8-9H,3-7H2,1-2H3. The fourth-order valence-corrected chi connectivity index (χ4v) is 1.65. The molecule has 1 unspecified atom stereocenters. The van der Waals surface area contributed by atoms with Crippen molar-refractivity contribution in [2.75, 3.05) is 13.1 Å². The third kappa shape index (κ3) is 3.29. The van der Waals surface area contributed by atoms with Crippen molar-refractivity contribution in [3.05, 3.63) is 0 Å². The highest BCUT2D eigenvalue weighted by Crippen LogP contribution is 2.30. The van der Waals surface area contributed by atoms with Crippen molar-refractivity contribution >= 4 is 21.8 Å². The average Bonchev–Trinajstić information content (AvgIpc) is 2.95. The van der Waals surface area contributed by atoms with Crippen LogP contribution in [0.3, 0.4) is 0 Å². The quantitative estimate of drug-likeness (QED) is 0.684. The van der Waals surface area contributed by atoms with Crippen LogP contribution >= 0.6 is 15.9 Å².